The summed E-state index contributed by atoms with van der Waals surface area (Å²) in [4.78, 5) is 0. The highest BCUT2D eigenvalue weighted by Gasteiger charge is 2.12. The predicted molar refractivity (Wildman–Crippen MR) is 66.5 cm³/mol. The maximum absolute atomic E-state index is 9.34. The minimum atomic E-state index is -0.0706. The number of benzene rings is 2. The monoisotopic (exact) mass is 212 g/mol. The molecule has 0 atom stereocenters. The molecule has 0 fully saturated rings. The van der Waals surface area contributed by atoms with Crippen LogP contribution >= 0.6 is 0 Å². The van der Waals surface area contributed by atoms with Crippen LogP contribution in [0.5, 0.6) is 5.75 Å². The summed E-state index contributed by atoms with van der Waals surface area (Å²) < 4.78 is 5.32. The lowest BCUT2D eigenvalue weighted by Gasteiger charge is -2.16. The molecular weight excluding hydrogens is 199 g/mol. The first-order valence-corrected chi connectivity index (χ1v) is 5.15. The zero-order valence-corrected chi connectivity index (χ0v) is 9.45. The van der Waals surface area contributed by atoms with Gasteiger partial charge in [-0.3, -0.25) is 0 Å². The Kier molecular flexibility index (Phi) is 2.88. The lowest BCUT2D eigenvalue weighted by Crippen LogP contribution is -2.16. The summed E-state index contributed by atoms with van der Waals surface area (Å²) >= 11 is 0. The van der Waals surface area contributed by atoms with Crippen molar-refractivity contribution >= 4 is 24.1 Å². The second-order valence-corrected chi connectivity index (χ2v) is 3.75. The summed E-state index contributed by atoms with van der Waals surface area (Å²) in [6.07, 6.45) is 0. The lowest BCUT2D eigenvalue weighted by atomic mass is 9.84. The topological polar surface area (TPSA) is 29.5 Å². The van der Waals surface area contributed by atoms with Crippen molar-refractivity contribution in [1.82, 2.24) is 0 Å². The smallest absolute Gasteiger partial charge is 0.120 e. The second-order valence-electron chi connectivity index (χ2n) is 3.75. The van der Waals surface area contributed by atoms with Crippen molar-refractivity contribution in [2.75, 3.05) is 7.11 Å². The number of fused-ring (bicyclic) bond motifs is 1. The molecule has 2 radical (unpaired) electrons. The van der Waals surface area contributed by atoms with Crippen LogP contribution in [0.15, 0.2) is 24.3 Å². The van der Waals surface area contributed by atoms with Crippen LogP contribution in [-0.2, 0) is 6.61 Å². The Hall–Kier alpha value is -1.48. The van der Waals surface area contributed by atoms with E-state index >= 15 is 0 Å². The van der Waals surface area contributed by atoms with Crippen LogP contribution in [0.25, 0.3) is 10.8 Å². The average Bonchev–Trinajstić information content (AvgIpc) is 2.30. The predicted octanol–water partition coefficient (Wildman–Crippen LogP) is 1.44. The maximum Gasteiger partial charge on any atom is 0.120 e. The normalized spacial score (nSPS) is 10.7. The molecule has 2 nitrogen and oxygen atoms in total. The summed E-state index contributed by atoms with van der Waals surface area (Å²) in [6, 6.07) is 7.89. The molecule has 2 rings (SSSR count). The van der Waals surface area contributed by atoms with Crippen molar-refractivity contribution in [3.8, 4) is 5.75 Å². The maximum atomic E-state index is 9.34. The molecule has 2 aromatic rings. The van der Waals surface area contributed by atoms with E-state index in [0.717, 1.165) is 21.9 Å². The molecule has 0 saturated heterocycles. The summed E-state index contributed by atoms with van der Waals surface area (Å²) in [6.45, 7) is 1.89. The minimum absolute atomic E-state index is 0.0706. The Morgan fingerprint density at radius 1 is 1.25 bits per heavy atom. The fourth-order valence-electron chi connectivity index (χ4n) is 2.08. The number of aryl methyl sites for hydroxylation is 1. The Balaban J connectivity index is 2.94. The number of hydrogen-bond donors (Lipinski definition) is 1. The Morgan fingerprint density at radius 3 is 2.44 bits per heavy atom. The summed E-state index contributed by atoms with van der Waals surface area (Å²) in [5, 5.41) is 11.4. The summed E-state index contributed by atoms with van der Waals surface area (Å²) in [5.74, 6) is 0.644. The van der Waals surface area contributed by atoms with Gasteiger partial charge >= 0.3 is 0 Å². The Labute approximate surface area is 96.3 Å². The quantitative estimate of drug-likeness (QED) is 0.763. The fraction of sp³-hybridized carbons (Fsp3) is 0.231. The van der Waals surface area contributed by atoms with Crippen LogP contribution in [0.4, 0.5) is 0 Å². The number of ether oxygens (including phenoxy) is 1. The van der Waals surface area contributed by atoms with E-state index in [0.29, 0.717) is 11.2 Å². The molecule has 0 aromatic heterocycles. The van der Waals surface area contributed by atoms with Crippen LogP contribution < -0.4 is 10.2 Å². The molecule has 80 valence electrons. The molecule has 3 heteroatoms. The van der Waals surface area contributed by atoms with Gasteiger partial charge in [-0.2, -0.15) is 0 Å². The third-order valence-electron chi connectivity index (χ3n) is 2.96. The molecular formula is C13H13BO2. The molecule has 0 aliphatic carbocycles. The van der Waals surface area contributed by atoms with Crippen molar-refractivity contribution in [3.05, 3.63) is 35.4 Å². The largest absolute Gasteiger partial charge is 0.497 e. The van der Waals surface area contributed by atoms with Crippen molar-refractivity contribution in [2.24, 2.45) is 0 Å². The first-order valence-electron chi connectivity index (χ1n) is 5.15. The van der Waals surface area contributed by atoms with E-state index in [4.69, 9.17) is 12.6 Å². The van der Waals surface area contributed by atoms with Gasteiger partial charge in [0.05, 0.1) is 13.7 Å². The van der Waals surface area contributed by atoms with Gasteiger partial charge in [0.1, 0.15) is 13.6 Å². The lowest BCUT2D eigenvalue weighted by molar-refractivity contribution is 0.282. The summed E-state index contributed by atoms with van der Waals surface area (Å²) in [7, 11) is 7.58. The first-order chi connectivity index (χ1) is 7.70. The number of aliphatic hydroxyl groups excluding tert-OH is 1. The van der Waals surface area contributed by atoms with Gasteiger partial charge in [-0.15, -0.1) is 0 Å². The van der Waals surface area contributed by atoms with Crippen LogP contribution in [0, 0.1) is 6.92 Å². The van der Waals surface area contributed by atoms with E-state index < -0.39 is 0 Å². The van der Waals surface area contributed by atoms with Gasteiger partial charge in [0.2, 0.25) is 0 Å². The fourth-order valence-corrected chi connectivity index (χ4v) is 2.08. The summed E-state index contributed by atoms with van der Waals surface area (Å²) in [5.41, 5.74) is 2.29. The standard InChI is InChI=1S/C13H13BO2/c1-8-9-5-3-4-6-10(9)13(16-2)12(14)11(8)7-15/h3-6,15H,7H2,1-2H3. The number of methoxy groups -OCH3 is 1. The number of aliphatic hydroxyl groups is 1. The molecule has 0 bridgehead atoms. The highest BCUT2D eigenvalue weighted by atomic mass is 16.5. The van der Waals surface area contributed by atoms with Gasteiger partial charge in [-0.25, -0.2) is 0 Å². The highest BCUT2D eigenvalue weighted by Crippen LogP contribution is 2.28. The van der Waals surface area contributed by atoms with Crippen LogP contribution in [0.3, 0.4) is 0 Å². The van der Waals surface area contributed by atoms with Crippen molar-refractivity contribution in [3.63, 3.8) is 0 Å². The van der Waals surface area contributed by atoms with Crippen molar-refractivity contribution in [1.29, 1.82) is 0 Å². The van der Waals surface area contributed by atoms with E-state index in [-0.39, 0.29) is 6.61 Å². The molecule has 0 unspecified atom stereocenters. The molecule has 0 aliphatic heterocycles. The van der Waals surface area contributed by atoms with E-state index in [1.54, 1.807) is 7.11 Å². The molecule has 0 heterocycles. The van der Waals surface area contributed by atoms with E-state index in [2.05, 4.69) is 0 Å². The highest BCUT2D eigenvalue weighted by molar-refractivity contribution is 6.37. The number of rotatable bonds is 2. The van der Waals surface area contributed by atoms with Gasteiger partial charge < -0.3 is 9.84 Å². The van der Waals surface area contributed by atoms with E-state index in [1.165, 1.54) is 0 Å². The van der Waals surface area contributed by atoms with Crippen LogP contribution in [-0.4, -0.2) is 20.1 Å². The SMILES string of the molecule is [B]c1c(CO)c(C)c2ccccc2c1OC. The third-order valence-corrected chi connectivity index (χ3v) is 2.96. The molecule has 16 heavy (non-hydrogen) atoms. The van der Waals surface area contributed by atoms with Crippen LogP contribution in [0.2, 0.25) is 0 Å². The average molecular weight is 212 g/mol. The van der Waals surface area contributed by atoms with Gasteiger partial charge in [-0.05, 0) is 28.9 Å². The Bertz CT molecular complexity index is 535. The molecule has 0 saturated carbocycles. The molecule has 0 spiro atoms. The van der Waals surface area contributed by atoms with Crippen molar-refractivity contribution < 1.29 is 9.84 Å². The zero-order valence-electron chi connectivity index (χ0n) is 9.45. The van der Waals surface area contributed by atoms with Gasteiger partial charge in [0.25, 0.3) is 0 Å². The van der Waals surface area contributed by atoms with Gasteiger partial charge in [0, 0.05) is 5.39 Å². The molecule has 0 aliphatic rings. The molecule has 0 amide bonds. The zero-order chi connectivity index (χ0) is 11.7. The van der Waals surface area contributed by atoms with Crippen molar-refractivity contribution in [2.45, 2.75) is 13.5 Å². The van der Waals surface area contributed by atoms with Gasteiger partial charge in [0.15, 0.2) is 0 Å². The second kappa shape index (κ2) is 4.18. The minimum Gasteiger partial charge on any atom is -0.497 e. The van der Waals surface area contributed by atoms with E-state index in [9.17, 15) is 5.11 Å². The van der Waals surface area contributed by atoms with Gasteiger partial charge in [-0.1, -0.05) is 24.3 Å². The molecule has 1 N–H and O–H groups in total. The third kappa shape index (κ3) is 1.48. The molecule has 2 aromatic carbocycles. The Morgan fingerprint density at radius 2 is 1.88 bits per heavy atom. The van der Waals surface area contributed by atoms with E-state index in [1.807, 2.05) is 31.2 Å². The number of hydrogen-bond acceptors (Lipinski definition) is 2. The first kappa shape index (κ1) is 11.0. The van der Waals surface area contributed by atoms with Crippen LogP contribution in [0.1, 0.15) is 11.1 Å².